The fourth-order valence-corrected chi connectivity index (χ4v) is 3.67. The van der Waals surface area contributed by atoms with Crippen LogP contribution < -0.4 is 11.3 Å². The topological polar surface area (TPSA) is 68.8 Å². The molecule has 0 amide bonds. The molecule has 1 aliphatic rings. The molecular formula is C16H31N5. The molecule has 5 nitrogen and oxygen atoms in total. The maximum atomic E-state index is 5.86. The Kier molecular flexibility index (Phi) is 5.38. The standard InChI is InChI=1S/C16H31N5/c1-5-10-21-14(11-18-20-21)15(19-17)12-6-8-13(9-7-12)16(2,3)4/h11-13,15,19H,5-10,17H2,1-4H3. The van der Waals surface area contributed by atoms with E-state index >= 15 is 0 Å². The third-order valence-electron chi connectivity index (χ3n) is 5.05. The van der Waals surface area contributed by atoms with Gasteiger partial charge in [0.2, 0.25) is 0 Å². The maximum absolute atomic E-state index is 5.86. The lowest BCUT2D eigenvalue weighted by Crippen LogP contribution is -2.38. The van der Waals surface area contributed by atoms with Crippen molar-refractivity contribution >= 4 is 0 Å². The highest BCUT2D eigenvalue weighted by molar-refractivity contribution is 5.05. The minimum atomic E-state index is 0.174. The minimum absolute atomic E-state index is 0.174. The van der Waals surface area contributed by atoms with Crippen molar-refractivity contribution in [1.82, 2.24) is 20.4 Å². The molecule has 21 heavy (non-hydrogen) atoms. The molecule has 2 rings (SSSR count). The van der Waals surface area contributed by atoms with Crippen LogP contribution in [0, 0.1) is 17.3 Å². The van der Waals surface area contributed by atoms with Crippen LogP contribution in [0.4, 0.5) is 0 Å². The molecule has 0 aromatic carbocycles. The second-order valence-corrected chi connectivity index (χ2v) is 7.50. The monoisotopic (exact) mass is 293 g/mol. The highest BCUT2D eigenvalue weighted by Gasteiger charge is 2.34. The highest BCUT2D eigenvalue weighted by Crippen LogP contribution is 2.43. The quantitative estimate of drug-likeness (QED) is 0.647. The maximum Gasteiger partial charge on any atom is 0.0772 e. The van der Waals surface area contributed by atoms with Crippen molar-refractivity contribution in [3.05, 3.63) is 11.9 Å². The van der Waals surface area contributed by atoms with E-state index in [0.717, 1.165) is 24.6 Å². The number of nitrogens with zero attached hydrogens (tertiary/aromatic N) is 3. The fraction of sp³-hybridized carbons (Fsp3) is 0.875. The van der Waals surface area contributed by atoms with Gasteiger partial charge in [0, 0.05) is 6.54 Å². The summed E-state index contributed by atoms with van der Waals surface area (Å²) in [6, 6.07) is 0.174. The van der Waals surface area contributed by atoms with Gasteiger partial charge in [-0.3, -0.25) is 11.3 Å². The largest absolute Gasteiger partial charge is 0.271 e. The number of hydrazine groups is 1. The van der Waals surface area contributed by atoms with Gasteiger partial charge < -0.3 is 0 Å². The summed E-state index contributed by atoms with van der Waals surface area (Å²) in [6.45, 7) is 10.1. The van der Waals surface area contributed by atoms with Crippen LogP contribution in [0.25, 0.3) is 0 Å². The SMILES string of the molecule is CCCn1nncc1C(NN)C1CCC(C(C)(C)C)CC1. The van der Waals surface area contributed by atoms with Gasteiger partial charge in [0.1, 0.15) is 0 Å². The van der Waals surface area contributed by atoms with E-state index in [9.17, 15) is 0 Å². The van der Waals surface area contributed by atoms with Crippen LogP contribution >= 0.6 is 0 Å². The Hall–Kier alpha value is -0.940. The van der Waals surface area contributed by atoms with E-state index < -0.39 is 0 Å². The molecule has 120 valence electrons. The number of nitrogens with one attached hydrogen (secondary N) is 1. The van der Waals surface area contributed by atoms with E-state index in [-0.39, 0.29) is 6.04 Å². The van der Waals surface area contributed by atoms with Crippen LogP contribution in [0.15, 0.2) is 6.20 Å². The average molecular weight is 293 g/mol. The van der Waals surface area contributed by atoms with Crippen molar-refractivity contribution in [1.29, 1.82) is 0 Å². The Morgan fingerprint density at radius 2 is 2.00 bits per heavy atom. The summed E-state index contributed by atoms with van der Waals surface area (Å²) in [5.74, 6) is 7.27. The molecule has 1 heterocycles. The zero-order valence-corrected chi connectivity index (χ0v) is 14.0. The minimum Gasteiger partial charge on any atom is -0.271 e. The number of rotatable bonds is 5. The van der Waals surface area contributed by atoms with Crippen molar-refractivity contribution in [3.63, 3.8) is 0 Å². The molecule has 1 unspecified atom stereocenters. The summed E-state index contributed by atoms with van der Waals surface area (Å²) in [5, 5.41) is 8.27. The van der Waals surface area contributed by atoms with Gasteiger partial charge in [-0.15, -0.1) is 5.10 Å². The van der Waals surface area contributed by atoms with Crippen LogP contribution in [-0.4, -0.2) is 15.0 Å². The van der Waals surface area contributed by atoms with Crippen LogP contribution in [0.5, 0.6) is 0 Å². The van der Waals surface area contributed by atoms with E-state index in [1.54, 1.807) is 0 Å². The molecule has 1 aromatic rings. The van der Waals surface area contributed by atoms with Crippen molar-refractivity contribution in [3.8, 4) is 0 Å². The molecule has 0 spiro atoms. The molecule has 5 heteroatoms. The molecule has 1 atom stereocenters. The van der Waals surface area contributed by atoms with Crippen LogP contribution in [0.3, 0.4) is 0 Å². The Morgan fingerprint density at radius 3 is 2.52 bits per heavy atom. The third-order valence-corrected chi connectivity index (χ3v) is 5.05. The van der Waals surface area contributed by atoms with Gasteiger partial charge in [0.05, 0.1) is 17.9 Å². The molecular weight excluding hydrogens is 262 g/mol. The van der Waals surface area contributed by atoms with E-state index in [2.05, 4.69) is 43.4 Å². The number of hydrogen-bond donors (Lipinski definition) is 2. The normalized spacial score (nSPS) is 25.0. The third kappa shape index (κ3) is 3.83. The fourth-order valence-electron chi connectivity index (χ4n) is 3.67. The molecule has 0 saturated heterocycles. The lowest BCUT2D eigenvalue weighted by molar-refractivity contribution is 0.130. The first-order valence-corrected chi connectivity index (χ1v) is 8.31. The molecule has 1 saturated carbocycles. The number of aryl methyl sites for hydroxylation is 1. The number of aromatic nitrogens is 3. The average Bonchev–Trinajstić information content (AvgIpc) is 2.88. The lowest BCUT2D eigenvalue weighted by atomic mass is 9.68. The first-order valence-electron chi connectivity index (χ1n) is 8.31. The summed E-state index contributed by atoms with van der Waals surface area (Å²) in [7, 11) is 0. The number of nitrogens with two attached hydrogens (primary N) is 1. The summed E-state index contributed by atoms with van der Waals surface area (Å²) in [4.78, 5) is 0. The molecule has 1 aliphatic carbocycles. The van der Waals surface area contributed by atoms with Crippen molar-refractivity contribution in [2.45, 2.75) is 72.4 Å². The predicted molar refractivity (Wildman–Crippen MR) is 85.3 cm³/mol. The van der Waals surface area contributed by atoms with Gasteiger partial charge in [0.25, 0.3) is 0 Å². The molecule has 0 aliphatic heterocycles. The second-order valence-electron chi connectivity index (χ2n) is 7.50. The Balaban J connectivity index is 2.04. The van der Waals surface area contributed by atoms with Gasteiger partial charge in [-0.1, -0.05) is 32.9 Å². The van der Waals surface area contributed by atoms with Gasteiger partial charge in [0.15, 0.2) is 0 Å². The van der Waals surface area contributed by atoms with Gasteiger partial charge in [-0.05, 0) is 49.4 Å². The molecule has 3 N–H and O–H groups in total. The summed E-state index contributed by atoms with van der Waals surface area (Å²) in [6.07, 6.45) is 7.98. The molecule has 0 bridgehead atoms. The summed E-state index contributed by atoms with van der Waals surface area (Å²) < 4.78 is 2.00. The van der Waals surface area contributed by atoms with Crippen molar-refractivity contribution in [2.75, 3.05) is 0 Å². The zero-order valence-electron chi connectivity index (χ0n) is 14.0. The molecule has 1 fully saturated rings. The van der Waals surface area contributed by atoms with E-state index in [0.29, 0.717) is 11.3 Å². The van der Waals surface area contributed by atoms with Crippen LogP contribution in [0.2, 0.25) is 0 Å². The van der Waals surface area contributed by atoms with Crippen LogP contribution in [0.1, 0.15) is 71.5 Å². The molecule has 1 aromatic heterocycles. The van der Waals surface area contributed by atoms with E-state index in [1.165, 1.54) is 25.7 Å². The Morgan fingerprint density at radius 1 is 1.33 bits per heavy atom. The first-order chi connectivity index (χ1) is 9.97. The lowest BCUT2D eigenvalue weighted by Gasteiger charge is -2.39. The van der Waals surface area contributed by atoms with Gasteiger partial charge in [-0.2, -0.15) is 0 Å². The smallest absolute Gasteiger partial charge is 0.0772 e. The number of hydrogen-bond acceptors (Lipinski definition) is 4. The van der Waals surface area contributed by atoms with Gasteiger partial charge >= 0.3 is 0 Å². The highest BCUT2D eigenvalue weighted by atomic mass is 15.4. The van der Waals surface area contributed by atoms with Crippen molar-refractivity contribution in [2.24, 2.45) is 23.1 Å². The van der Waals surface area contributed by atoms with Crippen molar-refractivity contribution < 1.29 is 0 Å². The van der Waals surface area contributed by atoms with E-state index in [4.69, 9.17) is 5.84 Å². The summed E-state index contributed by atoms with van der Waals surface area (Å²) >= 11 is 0. The Labute approximate surface area is 128 Å². The zero-order chi connectivity index (χ0) is 15.5. The van der Waals surface area contributed by atoms with Gasteiger partial charge in [-0.25, -0.2) is 4.68 Å². The Bertz CT molecular complexity index is 426. The second kappa shape index (κ2) is 6.88. The predicted octanol–water partition coefficient (Wildman–Crippen LogP) is 3.05. The first kappa shape index (κ1) is 16.4. The van der Waals surface area contributed by atoms with Crippen LogP contribution in [-0.2, 0) is 6.54 Å². The summed E-state index contributed by atoms with van der Waals surface area (Å²) in [5.41, 5.74) is 4.58. The van der Waals surface area contributed by atoms with E-state index in [1.807, 2.05) is 10.9 Å². The molecule has 0 radical (unpaired) electrons.